The number of rotatable bonds is 5. The van der Waals surface area contributed by atoms with Gasteiger partial charge in [0.1, 0.15) is 5.01 Å². The lowest BCUT2D eigenvalue weighted by Crippen LogP contribution is -2.36. The second kappa shape index (κ2) is 7.20. The van der Waals surface area contributed by atoms with Crippen molar-refractivity contribution in [3.63, 3.8) is 0 Å². The van der Waals surface area contributed by atoms with Crippen LogP contribution in [-0.2, 0) is 13.0 Å². The van der Waals surface area contributed by atoms with Crippen LogP contribution >= 0.6 is 11.3 Å². The molecule has 0 unspecified atom stereocenters. The fraction of sp³-hybridized carbons (Fsp3) is 0.353. The predicted octanol–water partition coefficient (Wildman–Crippen LogP) is 2.01. The Hall–Kier alpha value is -2.81. The molecule has 0 radical (unpaired) electrons. The normalized spacial score (nSPS) is 11.2. The van der Waals surface area contributed by atoms with Gasteiger partial charge in [0.2, 0.25) is 5.13 Å². The smallest absolute Gasteiger partial charge is 0.316 e. The summed E-state index contributed by atoms with van der Waals surface area (Å²) in [6.07, 6.45) is 0.805. The maximum Gasteiger partial charge on any atom is 0.316 e. The molecule has 0 bridgehead atoms. The Morgan fingerprint density at radius 2 is 2.08 bits per heavy atom. The van der Waals surface area contributed by atoms with Gasteiger partial charge >= 0.3 is 11.1 Å². The van der Waals surface area contributed by atoms with Crippen LogP contribution in [0.5, 0.6) is 0 Å². The van der Waals surface area contributed by atoms with Gasteiger partial charge in [-0.1, -0.05) is 25.2 Å². The Morgan fingerprint density at radius 1 is 1.31 bits per heavy atom. The Labute approximate surface area is 152 Å². The van der Waals surface area contributed by atoms with Crippen molar-refractivity contribution in [2.24, 2.45) is 5.92 Å². The number of anilines is 1. The first kappa shape index (κ1) is 18.0. The van der Waals surface area contributed by atoms with Crippen molar-refractivity contribution in [2.45, 2.75) is 33.7 Å². The highest BCUT2D eigenvalue weighted by atomic mass is 32.1. The zero-order chi connectivity index (χ0) is 18.8. The van der Waals surface area contributed by atoms with Gasteiger partial charge in [0.15, 0.2) is 0 Å². The molecule has 9 heteroatoms. The highest BCUT2D eigenvalue weighted by Crippen LogP contribution is 2.19. The third kappa shape index (κ3) is 3.57. The second-order valence-electron chi connectivity index (χ2n) is 6.29. The monoisotopic (exact) mass is 373 g/mol. The number of aryl methyl sites for hydroxylation is 1. The molecule has 0 fully saturated rings. The lowest BCUT2D eigenvalue weighted by molar-refractivity contribution is 0.102. The molecule has 0 spiro atoms. The molecule has 1 aromatic carbocycles. The first-order chi connectivity index (χ1) is 12.4. The lowest BCUT2D eigenvalue weighted by atomic mass is 10.1. The minimum atomic E-state index is -0.709. The van der Waals surface area contributed by atoms with Crippen molar-refractivity contribution in [3.8, 4) is 0 Å². The molecule has 2 N–H and O–H groups in total. The van der Waals surface area contributed by atoms with Crippen molar-refractivity contribution in [1.29, 1.82) is 0 Å². The molecule has 0 aliphatic carbocycles. The van der Waals surface area contributed by atoms with Crippen LogP contribution in [0, 0.1) is 5.92 Å². The molecule has 3 aromatic rings. The van der Waals surface area contributed by atoms with Crippen molar-refractivity contribution >= 4 is 33.4 Å². The quantitative estimate of drug-likeness (QED) is 0.665. The summed E-state index contributed by atoms with van der Waals surface area (Å²) in [6, 6.07) is 4.81. The molecule has 2 heterocycles. The highest BCUT2D eigenvalue weighted by molar-refractivity contribution is 7.15. The van der Waals surface area contributed by atoms with Crippen molar-refractivity contribution in [1.82, 2.24) is 19.7 Å². The van der Waals surface area contributed by atoms with Crippen molar-refractivity contribution < 1.29 is 4.79 Å². The van der Waals surface area contributed by atoms with Gasteiger partial charge in [-0.15, -0.1) is 10.2 Å². The minimum Gasteiger partial charge on any atom is -0.316 e. The molecule has 136 valence electrons. The molecule has 0 saturated heterocycles. The van der Waals surface area contributed by atoms with E-state index in [0.717, 1.165) is 11.4 Å². The van der Waals surface area contributed by atoms with E-state index in [2.05, 4.69) is 34.3 Å². The zero-order valence-electron chi connectivity index (χ0n) is 14.7. The summed E-state index contributed by atoms with van der Waals surface area (Å²) in [5, 5.41) is 12.1. The Balaban J connectivity index is 1.89. The van der Waals surface area contributed by atoms with E-state index in [-0.39, 0.29) is 5.91 Å². The maximum absolute atomic E-state index is 12.5. The van der Waals surface area contributed by atoms with E-state index in [4.69, 9.17) is 0 Å². The summed E-state index contributed by atoms with van der Waals surface area (Å²) in [7, 11) is 0. The molecular formula is C17H19N5O3S. The van der Waals surface area contributed by atoms with Gasteiger partial charge in [0.05, 0.1) is 11.0 Å². The van der Waals surface area contributed by atoms with Crippen LogP contribution in [0.25, 0.3) is 11.0 Å². The number of aromatic nitrogens is 4. The third-order valence-electron chi connectivity index (χ3n) is 3.82. The number of hydrogen-bond donors (Lipinski definition) is 2. The molecule has 26 heavy (non-hydrogen) atoms. The average Bonchev–Trinajstić information content (AvgIpc) is 3.01. The molecular weight excluding hydrogens is 354 g/mol. The summed E-state index contributed by atoms with van der Waals surface area (Å²) in [6.45, 7) is 6.33. The fourth-order valence-corrected chi connectivity index (χ4v) is 3.59. The zero-order valence-corrected chi connectivity index (χ0v) is 15.5. The summed E-state index contributed by atoms with van der Waals surface area (Å²) >= 11 is 1.34. The molecule has 2 aromatic heterocycles. The molecule has 3 rings (SSSR count). The maximum atomic E-state index is 12.5. The van der Waals surface area contributed by atoms with Crippen LogP contribution in [0.2, 0.25) is 0 Å². The van der Waals surface area contributed by atoms with E-state index >= 15 is 0 Å². The van der Waals surface area contributed by atoms with Gasteiger partial charge in [-0.25, -0.2) is 0 Å². The van der Waals surface area contributed by atoms with Gasteiger partial charge in [0, 0.05) is 18.5 Å². The number of hydrogen-bond acceptors (Lipinski definition) is 6. The first-order valence-corrected chi connectivity index (χ1v) is 9.11. The van der Waals surface area contributed by atoms with Crippen LogP contribution in [0.4, 0.5) is 5.13 Å². The lowest BCUT2D eigenvalue weighted by Gasteiger charge is -2.08. The van der Waals surface area contributed by atoms with E-state index in [1.165, 1.54) is 15.9 Å². The summed E-state index contributed by atoms with van der Waals surface area (Å²) in [5.74, 6) is 0.106. The van der Waals surface area contributed by atoms with E-state index in [1.54, 1.807) is 25.1 Å². The van der Waals surface area contributed by atoms with E-state index in [9.17, 15) is 14.4 Å². The van der Waals surface area contributed by atoms with E-state index < -0.39 is 11.1 Å². The SMILES string of the molecule is CCn1c(=O)c(=O)[nH]c2cc(C(=O)Nc3nnc(CC(C)C)s3)ccc21. The molecule has 0 aliphatic rings. The summed E-state index contributed by atoms with van der Waals surface area (Å²) in [5.41, 5.74) is 0.0452. The Kier molecular flexibility index (Phi) is 4.99. The molecule has 0 saturated carbocycles. The number of aromatic amines is 1. The number of H-pyrrole nitrogens is 1. The largest absolute Gasteiger partial charge is 0.316 e. The van der Waals surface area contributed by atoms with Gasteiger partial charge in [0.25, 0.3) is 5.91 Å². The second-order valence-corrected chi connectivity index (χ2v) is 7.35. The molecule has 1 amide bonds. The summed E-state index contributed by atoms with van der Waals surface area (Å²) in [4.78, 5) is 38.6. The molecule has 8 nitrogen and oxygen atoms in total. The van der Waals surface area contributed by atoms with E-state index in [1.807, 2.05) is 0 Å². The van der Waals surface area contributed by atoms with Gasteiger partial charge < -0.3 is 9.55 Å². The number of carbonyl (C=O) groups excluding carboxylic acids is 1. The van der Waals surface area contributed by atoms with Crippen LogP contribution in [-0.4, -0.2) is 25.7 Å². The van der Waals surface area contributed by atoms with Crippen LogP contribution < -0.4 is 16.4 Å². The standard InChI is InChI=1S/C17H19N5O3S/c1-4-22-12-6-5-10(8-11(12)18-15(24)16(22)25)14(23)19-17-21-20-13(26-17)7-9(2)3/h5-6,8-9H,4,7H2,1-3H3,(H,18,24)(H,19,21,23). The van der Waals surface area contributed by atoms with E-state index in [0.29, 0.717) is 34.2 Å². The number of benzene rings is 1. The first-order valence-electron chi connectivity index (χ1n) is 8.29. The average molecular weight is 373 g/mol. The molecule has 0 atom stereocenters. The van der Waals surface area contributed by atoms with Crippen molar-refractivity contribution in [2.75, 3.05) is 5.32 Å². The van der Waals surface area contributed by atoms with Crippen LogP contribution in [0.15, 0.2) is 27.8 Å². The van der Waals surface area contributed by atoms with Gasteiger partial charge in [-0.2, -0.15) is 0 Å². The number of fused-ring (bicyclic) bond motifs is 1. The van der Waals surface area contributed by atoms with Gasteiger partial charge in [-0.3, -0.25) is 19.7 Å². The van der Waals surface area contributed by atoms with Crippen LogP contribution in [0.1, 0.15) is 36.1 Å². The Bertz CT molecular complexity index is 1080. The summed E-state index contributed by atoms with van der Waals surface area (Å²) < 4.78 is 1.37. The number of nitrogens with zero attached hydrogens (tertiary/aromatic N) is 3. The van der Waals surface area contributed by atoms with Gasteiger partial charge in [-0.05, 0) is 31.0 Å². The minimum absolute atomic E-state index is 0.353. The predicted molar refractivity (Wildman–Crippen MR) is 101 cm³/mol. The topological polar surface area (TPSA) is 110 Å². The fourth-order valence-electron chi connectivity index (χ4n) is 2.64. The number of carbonyl (C=O) groups is 1. The molecule has 0 aliphatic heterocycles. The van der Waals surface area contributed by atoms with Crippen LogP contribution in [0.3, 0.4) is 0 Å². The third-order valence-corrected chi connectivity index (χ3v) is 4.68. The number of amides is 1. The number of nitrogens with one attached hydrogen (secondary N) is 2. The van der Waals surface area contributed by atoms with Crippen molar-refractivity contribution in [3.05, 3.63) is 49.5 Å². The Morgan fingerprint density at radius 3 is 2.77 bits per heavy atom. The highest BCUT2D eigenvalue weighted by Gasteiger charge is 2.13.